The Balaban J connectivity index is 2.75. The highest BCUT2D eigenvalue weighted by Gasteiger charge is 2.29. The Bertz CT molecular complexity index is 387. The molecular formula is C14H24F3N3. The molecule has 1 aromatic rings. The van der Waals surface area contributed by atoms with Crippen molar-refractivity contribution in [3.05, 3.63) is 18.2 Å². The normalized spacial score (nSPS) is 12.9. The molecule has 1 aromatic heterocycles. The Hall–Kier alpha value is -1.04. The molecule has 1 heterocycles. The molecule has 0 radical (unpaired) electrons. The van der Waals surface area contributed by atoms with Crippen molar-refractivity contribution in [2.45, 2.75) is 47.0 Å². The van der Waals surface area contributed by atoms with E-state index in [0.717, 1.165) is 13.1 Å². The quantitative estimate of drug-likeness (QED) is 0.766. The number of rotatable bonds is 7. The maximum absolute atomic E-state index is 12.5. The van der Waals surface area contributed by atoms with Gasteiger partial charge in [-0.25, -0.2) is 4.98 Å². The van der Waals surface area contributed by atoms with Crippen molar-refractivity contribution in [1.82, 2.24) is 14.5 Å². The molecule has 3 nitrogen and oxygen atoms in total. The number of hydrogen-bond acceptors (Lipinski definition) is 2. The highest BCUT2D eigenvalue weighted by atomic mass is 19.4. The summed E-state index contributed by atoms with van der Waals surface area (Å²) >= 11 is 0. The molecule has 0 aliphatic rings. The molecule has 0 aliphatic carbocycles. The van der Waals surface area contributed by atoms with Crippen LogP contribution in [0.2, 0.25) is 0 Å². The van der Waals surface area contributed by atoms with Crippen LogP contribution in [0.15, 0.2) is 12.4 Å². The molecule has 1 rings (SSSR count). The van der Waals surface area contributed by atoms with E-state index < -0.39 is 12.7 Å². The summed E-state index contributed by atoms with van der Waals surface area (Å²) in [6.07, 6.45) is -1.38. The standard InChI is InChI=1S/C14H24F3N3/c1-11(2)7-19(8-12(3)4)9-13-18-5-6-20(13)10-14(15,16)17/h5-6,11-12H,7-10H2,1-4H3. The monoisotopic (exact) mass is 291 g/mol. The Morgan fingerprint density at radius 1 is 1.15 bits per heavy atom. The van der Waals surface area contributed by atoms with E-state index in [-0.39, 0.29) is 0 Å². The first-order valence-corrected chi connectivity index (χ1v) is 6.96. The topological polar surface area (TPSA) is 21.1 Å². The van der Waals surface area contributed by atoms with Gasteiger partial charge in [-0.1, -0.05) is 27.7 Å². The Morgan fingerprint density at radius 3 is 2.15 bits per heavy atom. The number of imidazole rings is 1. The lowest BCUT2D eigenvalue weighted by molar-refractivity contribution is -0.141. The van der Waals surface area contributed by atoms with E-state index in [2.05, 4.69) is 37.6 Å². The van der Waals surface area contributed by atoms with Crippen LogP contribution in [0.4, 0.5) is 13.2 Å². The Labute approximate surface area is 118 Å². The van der Waals surface area contributed by atoms with Gasteiger partial charge >= 0.3 is 6.18 Å². The summed E-state index contributed by atoms with van der Waals surface area (Å²) in [6.45, 7) is 9.63. The molecular weight excluding hydrogens is 267 g/mol. The first-order chi connectivity index (χ1) is 9.17. The van der Waals surface area contributed by atoms with E-state index in [4.69, 9.17) is 0 Å². The molecule has 0 unspecified atom stereocenters. The number of aromatic nitrogens is 2. The van der Waals surface area contributed by atoms with E-state index in [1.807, 2.05) is 0 Å². The third-order valence-electron chi connectivity index (χ3n) is 2.76. The van der Waals surface area contributed by atoms with Gasteiger partial charge in [-0.2, -0.15) is 13.2 Å². The highest BCUT2D eigenvalue weighted by molar-refractivity contribution is 4.93. The molecule has 0 aromatic carbocycles. The summed E-state index contributed by atoms with van der Waals surface area (Å²) in [7, 11) is 0. The van der Waals surface area contributed by atoms with Gasteiger partial charge in [0, 0.05) is 25.5 Å². The predicted molar refractivity (Wildman–Crippen MR) is 73.2 cm³/mol. The summed E-state index contributed by atoms with van der Waals surface area (Å²) in [5, 5.41) is 0. The van der Waals surface area contributed by atoms with E-state index in [1.165, 1.54) is 17.0 Å². The van der Waals surface area contributed by atoms with Crippen LogP contribution in [0.25, 0.3) is 0 Å². The van der Waals surface area contributed by atoms with Crippen LogP contribution >= 0.6 is 0 Å². The number of nitrogens with zero attached hydrogens (tertiary/aromatic N) is 3. The van der Waals surface area contributed by atoms with Crippen molar-refractivity contribution in [2.75, 3.05) is 13.1 Å². The first kappa shape index (κ1) is 17.0. The van der Waals surface area contributed by atoms with Gasteiger partial charge in [0.05, 0.1) is 6.54 Å². The van der Waals surface area contributed by atoms with Gasteiger partial charge in [0.15, 0.2) is 0 Å². The maximum atomic E-state index is 12.5. The lowest BCUT2D eigenvalue weighted by Crippen LogP contribution is -2.32. The average molecular weight is 291 g/mol. The van der Waals surface area contributed by atoms with Gasteiger partial charge in [0.25, 0.3) is 0 Å². The smallest absolute Gasteiger partial charge is 0.325 e. The first-order valence-electron chi connectivity index (χ1n) is 6.96. The van der Waals surface area contributed by atoms with E-state index in [0.29, 0.717) is 24.2 Å². The zero-order valence-electron chi connectivity index (χ0n) is 12.6. The van der Waals surface area contributed by atoms with Crippen LogP contribution in [-0.4, -0.2) is 33.7 Å². The molecule has 20 heavy (non-hydrogen) atoms. The van der Waals surface area contributed by atoms with Crippen LogP contribution < -0.4 is 0 Å². The highest BCUT2D eigenvalue weighted by Crippen LogP contribution is 2.19. The predicted octanol–water partition coefficient (Wildman–Crippen LogP) is 3.56. The fourth-order valence-electron chi connectivity index (χ4n) is 2.27. The molecule has 0 atom stereocenters. The molecule has 116 valence electrons. The third-order valence-corrected chi connectivity index (χ3v) is 2.76. The van der Waals surface area contributed by atoms with Crippen molar-refractivity contribution in [3.63, 3.8) is 0 Å². The Kier molecular flexibility index (Phi) is 6.05. The second-order valence-electron chi connectivity index (χ2n) is 6.07. The second-order valence-corrected chi connectivity index (χ2v) is 6.07. The lowest BCUT2D eigenvalue weighted by atomic mass is 10.1. The largest absolute Gasteiger partial charge is 0.406 e. The van der Waals surface area contributed by atoms with Crippen LogP contribution in [0, 0.1) is 11.8 Å². The van der Waals surface area contributed by atoms with Crippen molar-refractivity contribution < 1.29 is 13.2 Å². The molecule has 0 saturated heterocycles. The number of halogens is 3. The van der Waals surface area contributed by atoms with Crippen molar-refractivity contribution in [1.29, 1.82) is 0 Å². The molecule has 0 saturated carbocycles. The molecule has 6 heteroatoms. The SMILES string of the molecule is CC(C)CN(Cc1nccn1CC(F)(F)F)CC(C)C. The zero-order valence-corrected chi connectivity index (χ0v) is 12.6. The molecule has 0 N–H and O–H groups in total. The summed E-state index contributed by atoms with van der Waals surface area (Å²) < 4.78 is 38.7. The molecule has 0 bridgehead atoms. The van der Waals surface area contributed by atoms with E-state index in [1.54, 1.807) is 0 Å². The third kappa shape index (κ3) is 6.41. The number of hydrogen-bond donors (Lipinski definition) is 0. The summed E-state index contributed by atoms with van der Waals surface area (Å²) in [5.74, 6) is 1.42. The van der Waals surface area contributed by atoms with E-state index >= 15 is 0 Å². The fourth-order valence-corrected chi connectivity index (χ4v) is 2.27. The van der Waals surface area contributed by atoms with Gasteiger partial charge in [-0.05, 0) is 11.8 Å². The lowest BCUT2D eigenvalue weighted by Gasteiger charge is -2.26. The molecule has 0 spiro atoms. The molecule has 0 fully saturated rings. The van der Waals surface area contributed by atoms with Crippen LogP contribution in [0.1, 0.15) is 33.5 Å². The summed E-state index contributed by atoms with van der Waals surface area (Å²) in [5.41, 5.74) is 0. The second kappa shape index (κ2) is 7.11. The van der Waals surface area contributed by atoms with E-state index in [9.17, 15) is 13.2 Å². The minimum atomic E-state index is -4.21. The summed E-state index contributed by atoms with van der Waals surface area (Å²) in [6, 6.07) is 0. The van der Waals surface area contributed by atoms with Crippen molar-refractivity contribution in [3.8, 4) is 0 Å². The van der Waals surface area contributed by atoms with Crippen molar-refractivity contribution >= 4 is 0 Å². The zero-order chi connectivity index (χ0) is 15.3. The van der Waals surface area contributed by atoms with Crippen molar-refractivity contribution in [2.24, 2.45) is 11.8 Å². The minimum Gasteiger partial charge on any atom is -0.325 e. The summed E-state index contributed by atoms with van der Waals surface area (Å²) in [4.78, 5) is 6.25. The van der Waals surface area contributed by atoms with Crippen LogP contribution in [-0.2, 0) is 13.1 Å². The average Bonchev–Trinajstić information content (AvgIpc) is 2.60. The van der Waals surface area contributed by atoms with Gasteiger partial charge in [0.2, 0.25) is 0 Å². The van der Waals surface area contributed by atoms with Gasteiger partial charge in [0.1, 0.15) is 12.4 Å². The van der Waals surface area contributed by atoms with Gasteiger partial charge in [-0.3, -0.25) is 4.90 Å². The molecule has 0 amide bonds. The maximum Gasteiger partial charge on any atom is 0.406 e. The Morgan fingerprint density at radius 2 is 1.70 bits per heavy atom. The van der Waals surface area contributed by atoms with Gasteiger partial charge < -0.3 is 4.57 Å². The molecule has 0 aliphatic heterocycles. The minimum absolute atomic E-state index is 0.458. The number of alkyl halides is 3. The fraction of sp³-hybridized carbons (Fsp3) is 0.786. The van der Waals surface area contributed by atoms with Crippen LogP contribution in [0.3, 0.4) is 0 Å². The van der Waals surface area contributed by atoms with Gasteiger partial charge in [-0.15, -0.1) is 0 Å². The van der Waals surface area contributed by atoms with Crippen LogP contribution in [0.5, 0.6) is 0 Å².